The Morgan fingerprint density at radius 2 is 1.75 bits per heavy atom. The number of nitrogens with one attached hydrogen (secondary N) is 1. The second-order valence-electron chi connectivity index (χ2n) is 4.97. The number of nitrogens with zero attached hydrogens (tertiary/aromatic N) is 2. The molecule has 0 aliphatic heterocycles. The summed E-state index contributed by atoms with van der Waals surface area (Å²) in [6, 6.07) is 0. The molecule has 0 atom stereocenters. The summed E-state index contributed by atoms with van der Waals surface area (Å²) in [7, 11) is 5.88. The lowest BCUT2D eigenvalue weighted by molar-refractivity contribution is -0.137. The fourth-order valence-electron chi connectivity index (χ4n) is 1.41. The van der Waals surface area contributed by atoms with E-state index in [0.717, 1.165) is 26.1 Å². The van der Waals surface area contributed by atoms with E-state index in [2.05, 4.69) is 17.1 Å². The highest BCUT2D eigenvalue weighted by atomic mass is 16.2. The van der Waals surface area contributed by atoms with E-state index >= 15 is 0 Å². The molecule has 0 bridgehead atoms. The summed E-state index contributed by atoms with van der Waals surface area (Å²) in [5.74, 6) is 0.179. The first-order valence-corrected chi connectivity index (χ1v) is 5.98. The number of carbonyl (C=O) groups is 1. The summed E-state index contributed by atoms with van der Waals surface area (Å²) in [5.41, 5.74) is -0.471. The standard InChI is InChI=1S/C12H27N3O/c1-7-8-15(10-9-14(5)6)11(16)12(2,3)13-4/h13H,7-10H2,1-6H3. The molecule has 0 aromatic heterocycles. The van der Waals surface area contributed by atoms with E-state index in [-0.39, 0.29) is 5.91 Å². The first kappa shape index (κ1) is 15.4. The minimum absolute atomic E-state index is 0.179. The lowest BCUT2D eigenvalue weighted by Gasteiger charge is -2.32. The molecule has 0 saturated carbocycles. The van der Waals surface area contributed by atoms with Crippen LogP contribution in [0.2, 0.25) is 0 Å². The summed E-state index contributed by atoms with van der Waals surface area (Å²) < 4.78 is 0. The van der Waals surface area contributed by atoms with Gasteiger partial charge in [-0.25, -0.2) is 0 Å². The van der Waals surface area contributed by atoms with Crippen LogP contribution in [0.15, 0.2) is 0 Å². The van der Waals surface area contributed by atoms with Crippen molar-refractivity contribution in [3.8, 4) is 0 Å². The SMILES string of the molecule is CCCN(CCN(C)C)C(=O)C(C)(C)NC. The van der Waals surface area contributed by atoms with Crippen LogP contribution in [0.25, 0.3) is 0 Å². The average molecular weight is 229 g/mol. The quantitative estimate of drug-likeness (QED) is 0.701. The first-order valence-electron chi connectivity index (χ1n) is 5.98. The third kappa shape index (κ3) is 4.94. The number of rotatable bonds is 7. The van der Waals surface area contributed by atoms with Gasteiger partial charge in [-0.2, -0.15) is 0 Å². The third-order valence-electron chi connectivity index (χ3n) is 2.76. The number of hydrogen-bond acceptors (Lipinski definition) is 3. The van der Waals surface area contributed by atoms with Crippen molar-refractivity contribution in [1.29, 1.82) is 0 Å². The summed E-state index contributed by atoms with van der Waals surface area (Å²) >= 11 is 0. The van der Waals surface area contributed by atoms with Crippen molar-refractivity contribution in [2.24, 2.45) is 0 Å². The first-order chi connectivity index (χ1) is 7.35. The van der Waals surface area contributed by atoms with E-state index in [1.54, 1.807) is 0 Å². The van der Waals surface area contributed by atoms with Crippen LogP contribution in [-0.2, 0) is 4.79 Å². The Balaban J connectivity index is 4.46. The monoisotopic (exact) mass is 229 g/mol. The van der Waals surface area contributed by atoms with Crippen LogP contribution >= 0.6 is 0 Å². The molecule has 0 saturated heterocycles. The molecule has 0 aliphatic carbocycles. The number of likely N-dealkylation sites (N-methyl/N-ethyl adjacent to an activating group) is 2. The van der Waals surface area contributed by atoms with Gasteiger partial charge in [0.2, 0.25) is 5.91 Å². The Hall–Kier alpha value is -0.610. The molecule has 0 radical (unpaired) electrons. The molecule has 0 heterocycles. The van der Waals surface area contributed by atoms with Crippen LogP contribution in [0, 0.1) is 0 Å². The number of amides is 1. The van der Waals surface area contributed by atoms with Gasteiger partial charge in [0, 0.05) is 19.6 Å². The van der Waals surface area contributed by atoms with Crippen molar-refractivity contribution in [2.75, 3.05) is 40.8 Å². The molecule has 4 heteroatoms. The highest BCUT2D eigenvalue weighted by Crippen LogP contribution is 2.08. The van der Waals surface area contributed by atoms with Gasteiger partial charge in [0.25, 0.3) is 0 Å². The van der Waals surface area contributed by atoms with Crippen molar-refractivity contribution in [3.63, 3.8) is 0 Å². The summed E-state index contributed by atoms with van der Waals surface area (Å²) in [5, 5.41) is 3.06. The number of hydrogen-bond donors (Lipinski definition) is 1. The summed E-state index contributed by atoms with van der Waals surface area (Å²) in [4.78, 5) is 16.3. The average Bonchev–Trinajstić information content (AvgIpc) is 2.22. The predicted molar refractivity (Wildman–Crippen MR) is 68.6 cm³/mol. The van der Waals surface area contributed by atoms with Crippen molar-refractivity contribution < 1.29 is 4.79 Å². The van der Waals surface area contributed by atoms with Gasteiger partial charge in [-0.15, -0.1) is 0 Å². The van der Waals surface area contributed by atoms with Crippen molar-refractivity contribution in [3.05, 3.63) is 0 Å². The summed E-state index contributed by atoms with van der Waals surface area (Å²) in [6.07, 6.45) is 0.999. The van der Waals surface area contributed by atoms with Gasteiger partial charge in [0.1, 0.15) is 0 Å². The van der Waals surface area contributed by atoms with E-state index in [4.69, 9.17) is 0 Å². The fourth-order valence-corrected chi connectivity index (χ4v) is 1.41. The molecule has 0 unspecified atom stereocenters. The maximum atomic E-state index is 12.2. The Morgan fingerprint density at radius 3 is 2.12 bits per heavy atom. The molecule has 0 rings (SSSR count). The smallest absolute Gasteiger partial charge is 0.242 e. The van der Waals surface area contributed by atoms with Crippen LogP contribution in [0.3, 0.4) is 0 Å². The fraction of sp³-hybridized carbons (Fsp3) is 0.917. The molecular formula is C12H27N3O. The lowest BCUT2D eigenvalue weighted by atomic mass is 10.0. The van der Waals surface area contributed by atoms with Gasteiger partial charge in [0.15, 0.2) is 0 Å². The minimum atomic E-state index is -0.471. The van der Waals surface area contributed by atoms with Gasteiger partial charge in [-0.1, -0.05) is 6.92 Å². The highest BCUT2D eigenvalue weighted by Gasteiger charge is 2.29. The molecule has 1 amide bonds. The second-order valence-corrected chi connectivity index (χ2v) is 4.97. The third-order valence-corrected chi connectivity index (χ3v) is 2.76. The molecule has 96 valence electrons. The van der Waals surface area contributed by atoms with Gasteiger partial charge in [0.05, 0.1) is 5.54 Å². The van der Waals surface area contributed by atoms with E-state index in [1.165, 1.54) is 0 Å². The van der Waals surface area contributed by atoms with Crippen LogP contribution in [0.1, 0.15) is 27.2 Å². The van der Waals surface area contributed by atoms with Gasteiger partial charge >= 0.3 is 0 Å². The lowest BCUT2D eigenvalue weighted by Crippen LogP contribution is -2.54. The van der Waals surface area contributed by atoms with Crippen molar-refractivity contribution in [2.45, 2.75) is 32.7 Å². The zero-order valence-electron chi connectivity index (χ0n) is 11.6. The Labute approximate surface area is 100.0 Å². The van der Waals surface area contributed by atoms with Gasteiger partial charge in [-0.05, 0) is 41.4 Å². The van der Waals surface area contributed by atoms with E-state index in [9.17, 15) is 4.79 Å². The molecule has 1 N–H and O–H groups in total. The zero-order chi connectivity index (χ0) is 12.8. The summed E-state index contributed by atoms with van der Waals surface area (Å²) in [6.45, 7) is 8.48. The van der Waals surface area contributed by atoms with Crippen LogP contribution in [0.5, 0.6) is 0 Å². The molecule has 0 aromatic carbocycles. The minimum Gasteiger partial charge on any atom is -0.340 e. The normalized spacial score (nSPS) is 11.9. The van der Waals surface area contributed by atoms with Crippen LogP contribution in [0.4, 0.5) is 0 Å². The molecule has 0 aliphatic rings. The van der Waals surface area contributed by atoms with Crippen molar-refractivity contribution in [1.82, 2.24) is 15.1 Å². The van der Waals surface area contributed by atoms with E-state index < -0.39 is 5.54 Å². The largest absolute Gasteiger partial charge is 0.340 e. The molecule has 0 spiro atoms. The maximum absolute atomic E-state index is 12.2. The van der Waals surface area contributed by atoms with E-state index in [1.807, 2.05) is 39.9 Å². The highest BCUT2D eigenvalue weighted by molar-refractivity contribution is 5.85. The van der Waals surface area contributed by atoms with E-state index in [0.29, 0.717) is 0 Å². The van der Waals surface area contributed by atoms with Crippen LogP contribution < -0.4 is 5.32 Å². The topological polar surface area (TPSA) is 35.6 Å². The zero-order valence-corrected chi connectivity index (χ0v) is 11.6. The Kier molecular flexibility index (Phi) is 6.60. The van der Waals surface area contributed by atoms with Crippen molar-refractivity contribution >= 4 is 5.91 Å². The molecule has 16 heavy (non-hydrogen) atoms. The van der Waals surface area contributed by atoms with Crippen LogP contribution in [-0.4, -0.2) is 62.0 Å². The number of carbonyl (C=O) groups excluding carboxylic acids is 1. The van der Waals surface area contributed by atoms with Gasteiger partial charge < -0.3 is 15.1 Å². The molecule has 0 fully saturated rings. The molecular weight excluding hydrogens is 202 g/mol. The second kappa shape index (κ2) is 6.86. The maximum Gasteiger partial charge on any atom is 0.242 e. The van der Waals surface area contributed by atoms with Gasteiger partial charge in [-0.3, -0.25) is 4.79 Å². The Morgan fingerprint density at radius 1 is 1.19 bits per heavy atom. The molecule has 0 aromatic rings. The molecule has 4 nitrogen and oxygen atoms in total. The Bertz CT molecular complexity index is 214. The predicted octanol–water partition coefficient (Wildman–Crippen LogP) is 0.785.